The molecule has 0 spiro atoms. The highest BCUT2D eigenvalue weighted by atomic mass is 19.4. The monoisotopic (exact) mass is 335 g/mol. The molecule has 7 heteroatoms. The SMILES string of the molecule is O=C(c1cnc(C(F)(F)F)nc1)N1CCC(c2ccccc2)CC1. The lowest BCUT2D eigenvalue weighted by Crippen LogP contribution is -2.38. The van der Waals surface area contributed by atoms with E-state index in [1.54, 1.807) is 4.90 Å². The first-order valence-electron chi connectivity index (χ1n) is 7.68. The first-order valence-corrected chi connectivity index (χ1v) is 7.68. The lowest BCUT2D eigenvalue weighted by molar-refractivity contribution is -0.145. The van der Waals surface area contributed by atoms with Gasteiger partial charge in [-0.15, -0.1) is 0 Å². The molecule has 1 fully saturated rings. The molecule has 126 valence electrons. The Morgan fingerprint density at radius 1 is 1.04 bits per heavy atom. The third kappa shape index (κ3) is 3.55. The van der Waals surface area contributed by atoms with E-state index >= 15 is 0 Å². The van der Waals surface area contributed by atoms with Crippen molar-refractivity contribution in [1.29, 1.82) is 0 Å². The van der Waals surface area contributed by atoms with Crippen molar-refractivity contribution in [2.75, 3.05) is 13.1 Å². The van der Waals surface area contributed by atoms with E-state index in [1.165, 1.54) is 5.56 Å². The van der Waals surface area contributed by atoms with Crippen LogP contribution in [0.3, 0.4) is 0 Å². The van der Waals surface area contributed by atoms with Gasteiger partial charge in [0, 0.05) is 25.5 Å². The molecule has 0 atom stereocenters. The molecule has 3 rings (SSSR count). The molecule has 2 heterocycles. The molecule has 0 bridgehead atoms. The number of carbonyl (C=O) groups is 1. The number of hydrogen-bond acceptors (Lipinski definition) is 3. The molecule has 0 unspecified atom stereocenters. The fourth-order valence-electron chi connectivity index (χ4n) is 2.91. The number of hydrogen-bond donors (Lipinski definition) is 0. The van der Waals surface area contributed by atoms with Gasteiger partial charge in [-0.1, -0.05) is 30.3 Å². The maximum atomic E-state index is 12.5. The Morgan fingerprint density at radius 3 is 2.17 bits per heavy atom. The highest BCUT2D eigenvalue weighted by Crippen LogP contribution is 2.29. The number of amides is 1. The summed E-state index contributed by atoms with van der Waals surface area (Å²) in [6.45, 7) is 1.14. The molecule has 4 nitrogen and oxygen atoms in total. The summed E-state index contributed by atoms with van der Waals surface area (Å²) in [4.78, 5) is 20.5. The molecule has 2 aromatic rings. The lowest BCUT2D eigenvalue weighted by Gasteiger charge is -2.32. The quantitative estimate of drug-likeness (QED) is 0.844. The van der Waals surface area contributed by atoms with E-state index in [4.69, 9.17) is 0 Å². The fraction of sp³-hybridized carbons (Fsp3) is 0.353. The fourth-order valence-corrected chi connectivity index (χ4v) is 2.91. The van der Waals surface area contributed by atoms with Crippen LogP contribution in [0.25, 0.3) is 0 Å². The predicted molar refractivity (Wildman–Crippen MR) is 81.4 cm³/mol. The second-order valence-electron chi connectivity index (χ2n) is 5.77. The first kappa shape index (κ1) is 16.4. The van der Waals surface area contributed by atoms with E-state index in [0.717, 1.165) is 25.2 Å². The number of alkyl halides is 3. The van der Waals surface area contributed by atoms with E-state index in [1.807, 2.05) is 18.2 Å². The van der Waals surface area contributed by atoms with Crippen molar-refractivity contribution >= 4 is 5.91 Å². The minimum Gasteiger partial charge on any atom is -0.339 e. The topological polar surface area (TPSA) is 46.1 Å². The van der Waals surface area contributed by atoms with Crippen LogP contribution in [0, 0.1) is 0 Å². The van der Waals surface area contributed by atoms with Gasteiger partial charge in [-0.2, -0.15) is 13.2 Å². The van der Waals surface area contributed by atoms with Crippen LogP contribution in [0.15, 0.2) is 42.7 Å². The van der Waals surface area contributed by atoms with Crippen LogP contribution in [-0.2, 0) is 6.18 Å². The summed E-state index contributed by atoms with van der Waals surface area (Å²) in [7, 11) is 0. The van der Waals surface area contributed by atoms with Gasteiger partial charge in [0.15, 0.2) is 0 Å². The Labute approximate surface area is 137 Å². The third-order valence-electron chi connectivity index (χ3n) is 4.21. The third-order valence-corrected chi connectivity index (χ3v) is 4.21. The second kappa shape index (κ2) is 6.59. The minimum atomic E-state index is -4.60. The van der Waals surface area contributed by atoms with Gasteiger partial charge < -0.3 is 4.90 Å². The van der Waals surface area contributed by atoms with E-state index < -0.39 is 12.0 Å². The minimum absolute atomic E-state index is 0.0844. The zero-order valence-corrected chi connectivity index (χ0v) is 12.8. The zero-order valence-electron chi connectivity index (χ0n) is 12.8. The molecule has 1 aromatic heterocycles. The summed E-state index contributed by atoms with van der Waals surface area (Å²) >= 11 is 0. The maximum Gasteiger partial charge on any atom is 0.451 e. The van der Waals surface area contributed by atoms with Crippen molar-refractivity contribution < 1.29 is 18.0 Å². The first-order chi connectivity index (χ1) is 11.4. The van der Waals surface area contributed by atoms with Crippen molar-refractivity contribution in [3.63, 3.8) is 0 Å². The number of benzene rings is 1. The number of aromatic nitrogens is 2. The molecule has 1 saturated heterocycles. The molecule has 1 aliphatic rings. The molecule has 0 aliphatic carbocycles. The van der Waals surface area contributed by atoms with E-state index in [9.17, 15) is 18.0 Å². The van der Waals surface area contributed by atoms with Gasteiger partial charge in [-0.3, -0.25) is 4.79 Å². The molecule has 1 amide bonds. The van der Waals surface area contributed by atoms with Crippen molar-refractivity contribution in [2.24, 2.45) is 0 Å². The predicted octanol–water partition coefficient (Wildman–Crippen LogP) is 3.52. The standard InChI is InChI=1S/C17H16F3N3O/c18-17(19,20)16-21-10-14(11-22-16)15(24)23-8-6-13(7-9-23)12-4-2-1-3-5-12/h1-5,10-11,13H,6-9H2. The molecule has 1 aromatic carbocycles. The average Bonchev–Trinajstić information content (AvgIpc) is 2.61. The van der Waals surface area contributed by atoms with Crippen LogP contribution in [0.1, 0.15) is 40.5 Å². The van der Waals surface area contributed by atoms with E-state index in [2.05, 4.69) is 22.1 Å². The molecule has 0 N–H and O–H groups in total. The summed E-state index contributed by atoms with van der Waals surface area (Å²) in [5, 5.41) is 0. The average molecular weight is 335 g/mol. The number of rotatable bonds is 2. The van der Waals surface area contributed by atoms with Gasteiger partial charge >= 0.3 is 6.18 Å². The Hall–Kier alpha value is -2.44. The van der Waals surface area contributed by atoms with Gasteiger partial charge in [0.05, 0.1) is 5.56 Å². The van der Waals surface area contributed by atoms with Crippen molar-refractivity contribution in [3.05, 3.63) is 59.7 Å². The summed E-state index contributed by atoms with van der Waals surface area (Å²) in [5.74, 6) is -1.16. The Bertz CT molecular complexity index is 693. The smallest absolute Gasteiger partial charge is 0.339 e. The van der Waals surface area contributed by atoms with Crippen LogP contribution < -0.4 is 0 Å². The van der Waals surface area contributed by atoms with Crippen molar-refractivity contribution in [1.82, 2.24) is 14.9 Å². The number of carbonyl (C=O) groups excluding carboxylic acids is 1. The van der Waals surface area contributed by atoms with Gasteiger partial charge in [0.2, 0.25) is 5.82 Å². The largest absolute Gasteiger partial charge is 0.451 e. The van der Waals surface area contributed by atoms with Gasteiger partial charge in [-0.05, 0) is 24.3 Å². The van der Waals surface area contributed by atoms with Crippen LogP contribution in [0.4, 0.5) is 13.2 Å². The van der Waals surface area contributed by atoms with Crippen LogP contribution >= 0.6 is 0 Å². The summed E-state index contributed by atoms with van der Waals surface area (Å²) in [6, 6.07) is 10.1. The second-order valence-corrected chi connectivity index (χ2v) is 5.77. The summed E-state index contributed by atoms with van der Waals surface area (Å²) in [5.41, 5.74) is 1.34. The normalized spacial score (nSPS) is 16.2. The highest BCUT2D eigenvalue weighted by molar-refractivity contribution is 5.93. The number of nitrogens with zero attached hydrogens (tertiary/aromatic N) is 3. The summed E-state index contributed by atoms with van der Waals surface area (Å²) in [6.07, 6.45) is -1.05. The Morgan fingerprint density at radius 2 is 1.62 bits per heavy atom. The highest BCUT2D eigenvalue weighted by Gasteiger charge is 2.34. The van der Waals surface area contributed by atoms with E-state index in [-0.39, 0.29) is 11.5 Å². The zero-order chi connectivity index (χ0) is 17.2. The molecular weight excluding hydrogens is 319 g/mol. The lowest BCUT2D eigenvalue weighted by atomic mass is 9.89. The van der Waals surface area contributed by atoms with Crippen LogP contribution in [0.2, 0.25) is 0 Å². The Balaban J connectivity index is 1.63. The van der Waals surface area contributed by atoms with Crippen LogP contribution in [0.5, 0.6) is 0 Å². The molecular formula is C17H16F3N3O. The van der Waals surface area contributed by atoms with Gasteiger partial charge in [-0.25, -0.2) is 9.97 Å². The van der Waals surface area contributed by atoms with E-state index in [0.29, 0.717) is 19.0 Å². The number of piperidine rings is 1. The molecule has 0 radical (unpaired) electrons. The molecule has 1 aliphatic heterocycles. The Kier molecular flexibility index (Phi) is 4.51. The summed E-state index contributed by atoms with van der Waals surface area (Å²) < 4.78 is 37.4. The number of halogens is 3. The van der Waals surface area contributed by atoms with Crippen LogP contribution in [-0.4, -0.2) is 33.9 Å². The number of likely N-dealkylation sites (tertiary alicyclic amines) is 1. The molecule has 0 saturated carbocycles. The molecule has 24 heavy (non-hydrogen) atoms. The van der Waals surface area contributed by atoms with Gasteiger partial charge in [0.1, 0.15) is 0 Å². The van der Waals surface area contributed by atoms with Gasteiger partial charge in [0.25, 0.3) is 5.91 Å². The van der Waals surface area contributed by atoms with Crippen molar-refractivity contribution in [3.8, 4) is 0 Å². The van der Waals surface area contributed by atoms with Crippen molar-refractivity contribution in [2.45, 2.75) is 24.9 Å². The maximum absolute atomic E-state index is 12.5.